The molecule has 2 aliphatic rings. The van der Waals surface area contributed by atoms with Crippen molar-refractivity contribution in [3.8, 4) is 0 Å². The second-order valence-corrected chi connectivity index (χ2v) is 6.25. The monoisotopic (exact) mass is 293 g/mol. The summed E-state index contributed by atoms with van der Waals surface area (Å²) in [5, 5.41) is 5.15. The number of hydrogen-bond acceptors (Lipinski definition) is 4. The van der Waals surface area contributed by atoms with Gasteiger partial charge in [-0.2, -0.15) is 0 Å². The van der Waals surface area contributed by atoms with Gasteiger partial charge < -0.3 is 15.1 Å². The number of hydrogen-bond donors (Lipinski definition) is 1. The van der Waals surface area contributed by atoms with Crippen molar-refractivity contribution in [2.24, 2.45) is 0 Å². The van der Waals surface area contributed by atoms with E-state index in [4.69, 9.17) is 0 Å². The van der Waals surface area contributed by atoms with Crippen LogP contribution in [0.3, 0.4) is 0 Å². The highest BCUT2D eigenvalue weighted by Crippen LogP contribution is 2.18. The summed E-state index contributed by atoms with van der Waals surface area (Å²) in [6, 6.07) is 4.30. The number of nitrogens with zero attached hydrogens (tertiary/aromatic N) is 2. The number of piperazine rings is 1. The summed E-state index contributed by atoms with van der Waals surface area (Å²) in [7, 11) is 0. The molecule has 1 saturated heterocycles. The lowest BCUT2D eigenvalue weighted by Gasteiger charge is -2.34. The molecule has 1 N–H and O–H groups in total. The molecule has 1 aromatic heterocycles. The average molecular weight is 293 g/mol. The molecule has 0 atom stereocenters. The molecule has 2 heterocycles. The first kappa shape index (κ1) is 13.6. The highest BCUT2D eigenvalue weighted by molar-refractivity contribution is 7.12. The molecule has 1 saturated carbocycles. The molecule has 20 heavy (non-hydrogen) atoms. The van der Waals surface area contributed by atoms with Crippen LogP contribution in [-0.4, -0.2) is 60.4 Å². The molecule has 0 radical (unpaired) electrons. The van der Waals surface area contributed by atoms with E-state index in [0.29, 0.717) is 38.8 Å². The van der Waals surface area contributed by atoms with Crippen LogP contribution in [0, 0.1) is 0 Å². The summed E-state index contributed by atoms with van der Waals surface area (Å²) in [6.07, 6.45) is 2.38. The minimum absolute atomic E-state index is 0.0863. The van der Waals surface area contributed by atoms with Gasteiger partial charge in [0.1, 0.15) is 0 Å². The lowest BCUT2D eigenvalue weighted by atomic mass is 10.3. The van der Waals surface area contributed by atoms with Gasteiger partial charge in [0.15, 0.2) is 0 Å². The Morgan fingerprint density at radius 2 is 1.90 bits per heavy atom. The predicted octanol–water partition coefficient (Wildman–Crippen LogP) is 0.785. The molecular weight excluding hydrogens is 274 g/mol. The van der Waals surface area contributed by atoms with E-state index < -0.39 is 0 Å². The first-order chi connectivity index (χ1) is 9.74. The summed E-state index contributed by atoms with van der Waals surface area (Å²) in [4.78, 5) is 28.6. The van der Waals surface area contributed by atoms with Gasteiger partial charge in [0.2, 0.25) is 5.91 Å². The van der Waals surface area contributed by atoms with Gasteiger partial charge in [-0.25, -0.2) is 0 Å². The maximum Gasteiger partial charge on any atom is 0.264 e. The van der Waals surface area contributed by atoms with E-state index >= 15 is 0 Å². The van der Waals surface area contributed by atoms with Crippen molar-refractivity contribution in [3.63, 3.8) is 0 Å². The smallest absolute Gasteiger partial charge is 0.264 e. The Morgan fingerprint density at radius 3 is 2.50 bits per heavy atom. The van der Waals surface area contributed by atoms with Gasteiger partial charge in [-0.05, 0) is 24.3 Å². The predicted molar refractivity (Wildman–Crippen MR) is 77.8 cm³/mol. The summed E-state index contributed by atoms with van der Waals surface area (Å²) < 4.78 is 0. The number of thiophene rings is 1. The fourth-order valence-electron chi connectivity index (χ4n) is 2.35. The van der Waals surface area contributed by atoms with Crippen molar-refractivity contribution >= 4 is 23.2 Å². The molecule has 1 aliphatic heterocycles. The topological polar surface area (TPSA) is 52.7 Å². The van der Waals surface area contributed by atoms with Gasteiger partial charge in [0.25, 0.3) is 5.91 Å². The maximum absolute atomic E-state index is 12.2. The Kier molecular flexibility index (Phi) is 4.03. The van der Waals surface area contributed by atoms with Crippen molar-refractivity contribution < 1.29 is 9.59 Å². The SMILES string of the molecule is O=C(CNC1CC1)N1CCN(C(=O)c2cccs2)CC1. The molecule has 0 bridgehead atoms. The van der Waals surface area contributed by atoms with Crippen LogP contribution in [0.15, 0.2) is 17.5 Å². The third-order valence-electron chi connectivity index (χ3n) is 3.77. The Hall–Kier alpha value is -1.40. The van der Waals surface area contributed by atoms with Crippen LogP contribution in [-0.2, 0) is 4.79 Å². The van der Waals surface area contributed by atoms with Crippen LogP contribution in [0.4, 0.5) is 0 Å². The third-order valence-corrected chi connectivity index (χ3v) is 4.63. The highest BCUT2D eigenvalue weighted by atomic mass is 32.1. The van der Waals surface area contributed by atoms with E-state index in [0.717, 1.165) is 4.88 Å². The first-order valence-electron chi connectivity index (χ1n) is 7.08. The van der Waals surface area contributed by atoms with Gasteiger partial charge in [-0.15, -0.1) is 11.3 Å². The van der Waals surface area contributed by atoms with Gasteiger partial charge >= 0.3 is 0 Å². The minimum Gasteiger partial charge on any atom is -0.338 e. The van der Waals surface area contributed by atoms with E-state index in [2.05, 4.69) is 5.32 Å². The maximum atomic E-state index is 12.2. The third kappa shape index (κ3) is 3.19. The van der Waals surface area contributed by atoms with E-state index in [1.165, 1.54) is 24.2 Å². The second kappa shape index (κ2) is 5.93. The van der Waals surface area contributed by atoms with Crippen LogP contribution < -0.4 is 5.32 Å². The Bertz CT molecular complexity index is 477. The second-order valence-electron chi connectivity index (χ2n) is 5.31. The van der Waals surface area contributed by atoms with Crippen LogP contribution in [0.1, 0.15) is 22.5 Å². The van der Waals surface area contributed by atoms with E-state index in [9.17, 15) is 9.59 Å². The van der Waals surface area contributed by atoms with E-state index in [-0.39, 0.29) is 11.8 Å². The van der Waals surface area contributed by atoms with Crippen molar-refractivity contribution in [1.82, 2.24) is 15.1 Å². The largest absolute Gasteiger partial charge is 0.338 e. The fraction of sp³-hybridized carbons (Fsp3) is 0.571. The zero-order chi connectivity index (χ0) is 13.9. The number of amides is 2. The molecule has 6 heteroatoms. The molecule has 108 valence electrons. The Morgan fingerprint density at radius 1 is 1.20 bits per heavy atom. The number of carbonyl (C=O) groups is 2. The Labute approximate surface area is 122 Å². The first-order valence-corrected chi connectivity index (χ1v) is 7.96. The van der Waals surface area contributed by atoms with Gasteiger partial charge in [-0.1, -0.05) is 6.07 Å². The quantitative estimate of drug-likeness (QED) is 0.893. The molecule has 3 rings (SSSR count). The molecule has 0 unspecified atom stereocenters. The zero-order valence-corrected chi connectivity index (χ0v) is 12.2. The number of nitrogens with one attached hydrogen (secondary N) is 1. The van der Waals surface area contributed by atoms with Crippen LogP contribution in [0.25, 0.3) is 0 Å². The minimum atomic E-state index is 0.0863. The summed E-state index contributed by atoms with van der Waals surface area (Å²) in [5.74, 6) is 0.239. The number of rotatable bonds is 4. The fourth-order valence-corrected chi connectivity index (χ4v) is 3.04. The standard InChI is InChI=1S/C14H19N3O2S/c18-13(10-15-11-3-4-11)16-5-7-17(8-6-16)14(19)12-2-1-9-20-12/h1-2,9,11,15H,3-8,10H2. The Balaban J connectivity index is 1.46. The van der Waals surface area contributed by atoms with Crippen molar-refractivity contribution in [2.75, 3.05) is 32.7 Å². The van der Waals surface area contributed by atoms with Crippen molar-refractivity contribution in [1.29, 1.82) is 0 Å². The summed E-state index contributed by atoms with van der Waals surface area (Å²) in [6.45, 7) is 2.98. The molecular formula is C14H19N3O2S. The van der Waals surface area contributed by atoms with Gasteiger partial charge in [-0.3, -0.25) is 9.59 Å². The van der Waals surface area contributed by atoms with E-state index in [1.807, 2.05) is 27.3 Å². The molecule has 2 fully saturated rings. The molecule has 1 aliphatic carbocycles. The summed E-state index contributed by atoms with van der Waals surface area (Å²) in [5.41, 5.74) is 0. The lowest BCUT2D eigenvalue weighted by Crippen LogP contribution is -2.52. The lowest BCUT2D eigenvalue weighted by molar-refractivity contribution is -0.131. The number of carbonyl (C=O) groups excluding carboxylic acids is 2. The van der Waals surface area contributed by atoms with Gasteiger partial charge in [0, 0.05) is 32.2 Å². The van der Waals surface area contributed by atoms with Crippen LogP contribution in [0.5, 0.6) is 0 Å². The molecule has 0 spiro atoms. The normalized spacial score (nSPS) is 19.2. The highest BCUT2D eigenvalue weighted by Gasteiger charge is 2.26. The average Bonchev–Trinajstić information content (AvgIpc) is 3.16. The van der Waals surface area contributed by atoms with Gasteiger partial charge in [0.05, 0.1) is 11.4 Å². The van der Waals surface area contributed by atoms with Crippen LogP contribution >= 0.6 is 11.3 Å². The van der Waals surface area contributed by atoms with Crippen molar-refractivity contribution in [3.05, 3.63) is 22.4 Å². The molecule has 1 aromatic rings. The summed E-state index contributed by atoms with van der Waals surface area (Å²) >= 11 is 1.47. The van der Waals surface area contributed by atoms with Crippen molar-refractivity contribution in [2.45, 2.75) is 18.9 Å². The zero-order valence-electron chi connectivity index (χ0n) is 11.4. The van der Waals surface area contributed by atoms with Crippen LogP contribution in [0.2, 0.25) is 0 Å². The molecule has 5 nitrogen and oxygen atoms in total. The molecule has 0 aromatic carbocycles. The molecule has 2 amide bonds. The van der Waals surface area contributed by atoms with E-state index in [1.54, 1.807) is 0 Å².